The third kappa shape index (κ3) is 4.79. The second-order valence-corrected chi connectivity index (χ2v) is 7.48. The molecule has 2 aromatic rings. The van der Waals surface area contributed by atoms with Gasteiger partial charge in [0, 0.05) is 9.52 Å². The minimum atomic E-state index is 0. The van der Waals surface area contributed by atoms with E-state index in [2.05, 4.69) is 85.9 Å². The van der Waals surface area contributed by atoms with Crippen molar-refractivity contribution in [3.05, 3.63) is 106 Å². The van der Waals surface area contributed by atoms with Gasteiger partial charge in [-0.1, -0.05) is 36.4 Å². The fourth-order valence-electron chi connectivity index (χ4n) is 3.68. The van der Waals surface area contributed by atoms with Crippen LogP contribution in [0.1, 0.15) is 33.4 Å². The van der Waals surface area contributed by atoms with Gasteiger partial charge in [0.15, 0.2) is 0 Å². The number of hydrogen-bond acceptors (Lipinski definition) is 0. The Balaban J connectivity index is 0.000000225. The molecule has 138 valence electrons. The molecule has 0 heterocycles. The van der Waals surface area contributed by atoms with Crippen LogP contribution in [0.5, 0.6) is 0 Å². The Kier molecular flexibility index (Phi) is 10.1. The molecular weight excluding hydrogens is 478 g/mol. The van der Waals surface area contributed by atoms with Crippen molar-refractivity contribution in [2.75, 3.05) is 0 Å². The Morgan fingerprint density at radius 3 is 1.50 bits per heavy atom. The molecule has 2 radical (unpaired) electrons. The number of hydrogen-bond donors (Lipinski definition) is 0. The molecule has 0 amide bonds. The number of rotatable bonds is 0. The first-order valence-electron chi connectivity index (χ1n) is 8.74. The van der Waals surface area contributed by atoms with Crippen LogP contribution in [0.25, 0.3) is 11.1 Å². The number of benzene rings is 2. The van der Waals surface area contributed by atoms with Crippen molar-refractivity contribution in [2.45, 2.75) is 25.9 Å². The molecule has 6 rings (SSSR count). The summed E-state index contributed by atoms with van der Waals surface area (Å²) in [5.41, 5.74) is 11.0. The largest absolute Gasteiger partial charge is 4.00 e. The molecule has 28 heavy (non-hydrogen) atoms. The minimum absolute atomic E-state index is 0. The molecule has 4 aliphatic rings. The molecule has 0 aliphatic heterocycles. The molecule has 0 saturated heterocycles. The predicted molar refractivity (Wildman–Crippen MR) is 108 cm³/mol. The van der Waals surface area contributed by atoms with E-state index in [0.717, 1.165) is 22.4 Å². The van der Waals surface area contributed by atoms with Crippen molar-refractivity contribution in [2.24, 2.45) is 0 Å². The summed E-state index contributed by atoms with van der Waals surface area (Å²) in [5.74, 6) is 0. The topological polar surface area (TPSA) is 0 Å². The molecule has 4 aliphatic carbocycles. The van der Waals surface area contributed by atoms with Crippen LogP contribution in [0.15, 0.2) is 60.7 Å². The van der Waals surface area contributed by atoms with E-state index in [-0.39, 0.29) is 51.0 Å². The van der Waals surface area contributed by atoms with Crippen LogP contribution in [0.3, 0.4) is 0 Å². The molecule has 0 saturated carbocycles. The van der Waals surface area contributed by atoms with Gasteiger partial charge in [-0.3, -0.25) is 0 Å². The van der Waals surface area contributed by atoms with Gasteiger partial charge >= 0.3 is 26.2 Å². The smallest absolute Gasteiger partial charge is 1.00 e. The zero-order valence-electron chi connectivity index (χ0n) is 15.9. The van der Waals surface area contributed by atoms with Gasteiger partial charge in [-0.25, -0.2) is 0 Å². The van der Waals surface area contributed by atoms with E-state index in [0.29, 0.717) is 0 Å². The summed E-state index contributed by atoms with van der Waals surface area (Å²) in [6, 6.07) is 12.9. The first kappa shape index (κ1) is 25.1. The van der Waals surface area contributed by atoms with Crippen LogP contribution in [0, 0.1) is 12.2 Å². The fourth-order valence-corrected chi connectivity index (χ4v) is 3.68. The Morgan fingerprint density at radius 2 is 1.11 bits per heavy atom. The summed E-state index contributed by atoms with van der Waals surface area (Å²) in [6.07, 6.45) is 17.4. The van der Waals surface area contributed by atoms with Gasteiger partial charge in [0.25, 0.3) is 0 Å². The summed E-state index contributed by atoms with van der Waals surface area (Å²) < 4.78 is 0. The van der Waals surface area contributed by atoms with Crippen molar-refractivity contribution in [1.82, 2.24) is 0 Å². The Labute approximate surface area is 202 Å². The van der Waals surface area contributed by atoms with E-state index < -0.39 is 0 Å². The summed E-state index contributed by atoms with van der Waals surface area (Å²) in [6.45, 7) is 4.31. The van der Waals surface area contributed by atoms with Gasteiger partial charge in [0.05, 0.1) is 0 Å². The summed E-state index contributed by atoms with van der Waals surface area (Å²) in [7, 11) is 1.08. The van der Waals surface area contributed by atoms with E-state index in [9.17, 15) is 0 Å². The van der Waals surface area contributed by atoms with Gasteiger partial charge in [0.1, 0.15) is 0 Å². The molecule has 4 heteroatoms. The third-order valence-corrected chi connectivity index (χ3v) is 4.73. The fraction of sp³-hybridized carbons (Fsp3) is 0.167. The second kappa shape index (κ2) is 11.3. The first-order chi connectivity index (χ1) is 12.3. The average molecular weight is 499 g/mol. The Hall–Kier alpha value is -0.920. The summed E-state index contributed by atoms with van der Waals surface area (Å²) >= 11 is 0. The normalized spacial score (nSPS) is 13.9. The van der Waals surface area contributed by atoms with Crippen LogP contribution in [-0.2, 0) is 39.0 Å². The van der Waals surface area contributed by atoms with Crippen molar-refractivity contribution in [1.29, 1.82) is 0 Å². The monoisotopic (exact) mass is 496 g/mol. The zero-order chi connectivity index (χ0) is 17.2. The minimum Gasteiger partial charge on any atom is -1.00 e. The molecule has 0 unspecified atom stereocenters. The summed E-state index contributed by atoms with van der Waals surface area (Å²) in [5, 5.41) is 0. The number of allylic oxidation sites excluding steroid dienone is 6. The average Bonchev–Trinajstić information content (AvgIpc) is 3.40. The molecule has 0 fully saturated rings. The van der Waals surface area contributed by atoms with E-state index >= 15 is 0 Å². The van der Waals surface area contributed by atoms with Crippen LogP contribution in [0.2, 0.25) is 13.1 Å². The molecule has 0 N–H and O–H groups in total. The van der Waals surface area contributed by atoms with Crippen LogP contribution in [-0.4, -0.2) is 9.52 Å². The van der Waals surface area contributed by atoms with Gasteiger partial charge in [0.2, 0.25) is 0 Å². The van der Waals surface area contributed by atoms with E-state index in [1.54, 1.807) is 0 Å². The zero-order valence-corrected chi connectivity index (χ0v) is 20.9. The third-order valence-electron chi connectivity index (χ3n) is 4.73. The van der Waals surface area contributed by atoms with Gasteiger partial charge < -0.3 is 24.8 Å². The van der Waals surface area contributed by atoms with Crippen molar-refractivity contribution < 1.29 is 51.0 Å². The first-order valence-corrected chi connectivity index (χ1v) is 10.7. The van der Waals surface area contributed by atoms with Crippen molar-refractivity contribution >= 4 is 20.7 Å². The van der Waals surface area contributed by atoms with Crippen LogP contribution in [0.4, 0.5) is 0 Å². The maximum Gasteiger partial charge on any atom is 4.00 e. The van der Waals surface area contributed by atoms with Gasteiger partial charge in [-0.2, -0.15) is 11.1 Å². The number of halogens is 2. The quantitative estimate of drug-likeness (QED) is 0.339. The van der Waals surface area contributed by atoms with Crippen molar-refractivity contribution in [3.63, 3.8) is 0 Å². The van der Waals surface area contributed by atoms with E-state index in [4.69, 9.17) is 0 Å². The van der Waals surface area contributed by atoms with E-state index in [1.807, 2.05) is 0 Å². The van der Waals surface area contributed by atoms with Crippen molar-refractivity contribution in [3.8, 4) is 0 Å². The molecule has 0 bridgehead atoms. The van der Waals surface area contributed by atoms with Crippen LogP contribution >= 0.6 is 0 Å². The molecular formula is C24H20Cl2SiZr. The maximum absolute atomic E-state index is 3.25. The molecule has 0 nitrogen and oxygen atoms in total. The maximum atomic E-state index is 3.25. The van der Waals surface area contributed by atoms with Gasteiger partial charge in [-0.05, 0) is 12.8 Å². The summed E-state index contributed by atoms with van der Waals surface area (Å²) in [4.78, 5) is 0. The SMILES string of the molecule is C[Si]C.[C-]1=CC2=CCc3cccc1c32.[C-]1=CC2=CCc3cccc1c32.[Cl-].[Cl-].[Zr+4]. The standard InChI is InChI=1S/2C11H7.C2H6Si.2ClH.Zr/c2*1-2-8-4-6-10-7-5-9(3-1)11(8)10;1-3-2;;;/h2*1-3,6-7H,4H2;1-2H3;2*1H;/q2*-1;;;;+4/p-2. The molecule has 0 spiro atoms. The Morgan fingerprint density at radius 1 is 0.714 bits per heavy atom. The van der Waals surface area contributed by atoms with Crippen LogP contribution < -0.4 is 24.8 Å². The van der Waals surface area contributed by atoms with E-state index in [1.165, 1.54) is 44.5 Å². The van der Waals surface area contributed by atoms with Gasteiger partial charge in [-0.15, -0.1) is 83.0 Å². The molecule has 2 aromatic carbocycles. The second-order valence-electron chi connectivity index (χ2n) is 6.48. The molecule has 0 atom stereocenters. The molecule has 0 aromatic heterocycles. The predicted octanol–water partition coefficient (Wildman–Crippen LogP) is -0.513. The Bertz CT molecular complexity index is 878.